The molecule has 3 aromatic rings. The summed E-state index contributed by atoms with van der Waals surface area (Å²) >= 11 is 0. The number of amides is 1. The summed E-state index contributed by atoms with van der Waals surface area (Å²) in [6, 6.07) is 19.6. The van der Waals surface area contributed by atoms with Crippen molar-refractivity contribution in [1.29, 1.82) is 0 Å². The van der Waals surface area contributed by atoms with Crippen molar-refractivity contribution < 1.29 is 4.79 Å². The number of aryl methyl sites for hydroxylation is 2. The van der Waals surface area contributed by atoms with Crippen molar-refractivity contribution in [2.75, 3.05) is 7.05 Å². The molecule has 0 radical (unpaired) electrons. The van der Waals surface area contributed by atoms with E-state index in [0.717, 1.165) is 16.5 Å². The van der Waals surface area contributed by atoms with E-state index in [2.05, 4.69) is 0 Å². The predicted octanol–water partition coefficient (Wildman–Crippen LogP) is 3.36. The van der Waals surface area contributed by atoms with Gasteiger partial charge in [0.2, 0.25) is 5.91 Å². The quantitative estimate of drug-likeness (QED) is 0.718. The lowest BCUT2D eigenvalue weighted by atomic mass is 10.1. The second-order valence-electron chi connectivity index (χ2n) is 6.33. The molecule has 1 aromatic heterocycles. The number of fused-ring (bicyclic) bond motifs is 1. The maximum Gasteiger partial charge on any atom is 0.253 e. The van der Waals surface area contributed by atoms with Crippen LogP contribution in [0.3, 0.4) is 0 Å². The summed E-state index contributed by atoms with van der Waals surface area (Å²) in [7, 11) is 1.80. The van der Waals surface area contributed by atoms with Crippen LogP contribution in [-0.4, -0.2) is 22.4 Å². The molecule has 0 saturated heterocycles. The smallest absolute Gasteiger partial charge is 0.253 e. The molecule has 0 fully saturated rings. The van der Waals surface area contributed by atoms with Gasteiger partial charge in [0, 0.05) is 32.1 Å². The summed E-state index contributed by atoms with van der Waals surface area (Å²) in [6.07, 6.45) is 0.302. The van der Waals surface area contributed by atoms with E-state index < -0.39 is 0 Å². The van der Waals surface area contributed by atoms with Gasteiger partial charge in [-0.15, -0.1) is 0 Å². The van der Waals surface area contributed by atoms with Crippen LogP contribution >= 0.6 is 0 Å². The first-order valence-corrected chi connectivity index (χ1v) is 8.43. The average Bonchev–Trinajstić information content (AvgIpc) is 2.62. The third kappa shape index (κ3) is 3.79. The maximum atomic E-state index is 12.5. The van der Waals surface area contributed by atoms with E-state index in [1.165, 1.54) is 0 Å². The number of nitrogens with zero attached hydrogens (tertiary/aromatic N) is 2. The molecule has 4 heteroatoms. The first-order valence-electron chi connectivity index (χ1n) is 8.43. The minimum absolute atomic E-state index is 0.0290. The molecule has 4 nitrogen and oxygen atoms in total. The number of carbonyl (C=O) groups is 1. The second-order valence-corrected chi connectivity index (χ2v) is 6.33. The van der Waals surface area contributed by atoms with E-state index >= 15 is 0 Å². The van der Waals surface area contributed by atoms with Crippen LogP contribution in [0.4, 0.5) is 0 Å². The Morgan fingerprint density at radius 1 is 1.04 bits per heavy atom. The second kappa shape index (κ2) is 7.34. The molecule has 0 unspecified atom stereocenters. The zero-order valence-electron chi connectivity index (χ0n) is 14.6. The summed E-state index contributed by atoms with van der Waals surface area (Å²) in [5, 5.41) is 1.02. The highest BCUT2D eigenvalue weighted by Gasteiger charge is 2.12. The molecule has 0 aliphatic heterocycles. The summed E-state index contributed by atoms with van der Waals surface area (Å²) in [4.78, 5) is 26.7. The number of hydrogen-bond acceptors (Lipinski definition) is 2. The van der Waals surface area contributed by atoms with E-state index in [1.54, 1.807) is 16.5 Å². The highest BCUT2D eigenvalue weighted by Crippen LogP contribution is 2.14. The van der Waals surface area contributed by atoms with E-state index in [1.807, 2.05) is 67.6 Å². The lowest BCUT2D eigenvalue weighted by Crippen LogP contribution is -2.29. The first-order chi connectivity index (χ1) is 12.1. The number of benzene rings is 2. The highest BCUT2D eigenvalue weighted by molar-refractivity contribution is 5.80. The van der Waals surface area contributed by atoms with Crippen LogP contribution < -0.4 is 5.56 Å². The molecule has 1 heterocycles. The van der Waals surface area contributed by atoms with E-state index in [9.17, 15) is 9.59 Å². The van der Waals surface area contributed by atoms with Gasteiger partial charge in [0.05, 0.1) is 5.52 Å². The Hall–Kier alpha value is -2.88. The fourth-order valence-electron chi connectivity index (χ4n) is 3.04. The average molecular weight is 334 g/mol. The van der Waals surface area contributed by atoms with Gasteiger partial charge in [-0.1, -0.05) is 48.5 Å². The third-order valence-corrected chi connectivity index (χ3v) is 4.42. The fraction of sp³-hybridized carbons (Fsp3) is 0.238. The SMILES string of the molecule is Cc1cc2ccccc2n(CCC(=O)N(C)Cc2ccccc2)c1=O. The van der Waals surface area contributed by atoms with Gasteiger partial charge in [-0.2, -0.15) is 0 Å². The monoisotopic (exact) mass is 334 g/mol. The molecule has 128 valence electrons. The summed E-state index contributed by atoms with van der Waals surface area (Å²) in [5.74, 6) is 0.0290. The number of carbonyl (C=O) groups excluding carboxylic acids is 1. The lowest BCUT2D eigenvalue weighted by Gasteiger charge is -2.18. The topological polar surface area (TPSA) is 42.3 Å². The number of rotatable bonds is 5. The molecule has 0 saturated carbocycles. The van der Waals surface area contributed by atoms with E-state index in [-0.39, 0.29) is 11.5 Å². The Kier molecular flexibility index (Phi) is 4.98. The number of pyridine rings is 1. The van der Waals surface area contributed by atoms with Crippen LogP contribution in [0, 0.1) is 6.92 Å². The molecule has 0 aliphatic carbocycles. The largest absolute Gasteiger partial charge is 0.341 e. The fourth-order valence-corrected chi connectivity index (χ4v) is 3.04. The van der Waals surface area contributed by atoms with E-state index in [4.69, 9.17) is 0 Å². The van der Waals surface area contributed by atoms with Gasteiger partial charge in [-0.05, 0) is 30.0 Å². The van der Waals surface area contributed by atoms with Crippen LogP contribution in [0.25, 0.3) is 10.9 Å². The Labute approximate surface area is 147 Å². The zero-order chi connectivity index (χ0) is 17.8. The van der Waals surface area contributed by atoms with Gasteiger partial charge in [-0.3, -0.25) is 9.59 Å². The Morgan fingerprint density at radius 2 is 1.72 bits per heavy atom. The molecule has 25 heavy (non-hydrogen) atoms. The molecule has 1 amide bonds. The lowest BCUT2D eigenvalue weighted by molar-refractivity contribution is -0.130. The number of para-hydroxylation sites is 1. The molecule has 3 rings (SSSR count). The third-order valence-electron chi connectivity index (χ3n) is 4.42. The Balaban J connectivity index is 1.75. The molecule has 0 aliphatic rings. The van der Waals surface area contributed by atoms with Crippen molar-refractivity contribution in [2.45, 2.75) is 26.4 Å². The van der Waals surface area contributed by atoms with Gasteiger partial charge in [-0.25, -0.2) is 0 Å². The normalized spacial score (nSPS) is 10.8. The Morgan fingerprint density at radius 3 is 2.48 bits per heavy atom. The standard InChI is InChI=1S/C21H22N2O2/c1-16-14-18-10-6-7-11-19(18)23(21(16)25)13-12-20(24)22(2)15-17-8-4-3-5-9-17/h3-11,14H,12-13,15H2,1-2H3. The number of aromatic nitrogens is 1. The maximum absolute atomic E-state index is 12.5. The van der Waals surface area contributed by atoms with Gasteiger partial charge < -0.3 is 9.47 Å². The van der Waals surface area contributed by atoms with Crippen LogP contribution in [0.15, 0.2) is 65.5 Å². The summed E-state index contributed by atoms with van der Waals surface area (Å²) in [5.41, 5.74) is 2.63. The van der Waals surface area contributed by atoms with Gasteiger partial charge in [0.1, 0.15) is 0 Å². The Bertz CT molecular complexity index is 945. The van der Waals surface area contributed by atoms with Crippen LogP contribution in [-0.2, 0) is 17.9 Å². The van der Waals surface area contributed by atoms with Crippen molar-refractivity contribution in [1.82, 2.24) is 9.47 Å². The molecule has 2 aromatic carbocycles. The van der Waals surface area contributed by atoms with Crippen LogP contribution in [0.1, 0.15) is 17.5 Å². The molecule has 0 atom stereocenters. The van der Waals surface area contributed by atoms with Gasteiger partial charge in [0.25, 0.3) is 5.56 Å². The predicted molar refractivity (Wildman–Crippen MR) is 100 cm³/mol. The molecule has 0 spiro atoms. The van der Waals surface area contributed by atoms with Gasteiger partial charge >= 0.3 is 0 Å². The van der Waals surface area contributed by atoms with E-state index in [0.29, 0.717) is 25.1 Å². The minimum Gasteiger partial charge on any atom is -0.341 e. The van der Waals surface area contributed by atoms with Gasteiger partial charge in [0.15, 0.2) is 0 Å². The van der Waals surface area contributed by atoms with Crippen molar-refractivity contribution in [2.24, 2.45) is 0 Å². The molecule has 0 bridgehead atoms. The minimum atomic E-state index is -0.0304. The zero-order valence-corrected chi connectivity index (χ0v) is 14.6. The van der Waals surface area contributed by atoms with Crippen LogP contribution in [0.2, 0.25) is 0 Å². The number of hydrogen-bond donors (Lipinski definition) is 0. The molecular formula is C21H22N2O2. The molecular weight excluding hydrogens is 312 g/mol. The summed E-state index contributed by atoms with van der Waals surface area (Å²) in [6.45, 7) is 2.77. The highest BCUT2D eigenvalue weighted by atomic mass is 16.2. The van der Waals surface area contributed by atoms with Crippen molar-refractivity contribution in [3.8, 4) is 0 Å². The van der Waals surface area contributed by atoms with Crippen LogP contribution in [0.5, 0.6) is 0 Å². The van der Waals surface area contributed by atoms with Crippen molar-refractivity contribution in [3.63, 3.8) is 0 Å². The molecule has 0 N–H and O–H groups in total. The first kappa shape index (κ1) is 17.0. The van der Waals surface area contributed by atoms with Crippen molar-refractivity contribution in [3.05, 3.63) is 82.1 Å². The van der Waals surface area contributed by atoms with Crippen molar-refractivity contribution >= 4 is 16.8 Å². The summed E-state index contributed by atoms with van der Waals surface area (Å²) < 4.78 is 1.71.